The summed E-state index contributed by atoms with van der Waals surface area (Å²) in [7, 11) is 1.58. The zero-order valence-corrected chi connectivity index (χ0v) is 11.7. The number of urea groups is 1. The molecule has 1 heterocycles. The summed E-state index contributed by atoms with van der Waals surface area (Å²) in [5, 5.41) is 5.42. The number of ether oxygens (including phenoxy) is 1. The molecule has 1 aliphatic rings. The first-order valence-corrected chi connectivity index (χ1v) is 6.62. The number of benzene rings is 1. The van der Waals surface area contributed by atoms with E-state index < -0.39 is 0 Å². The van der Waals surface area contributed by atoms with E-state index in [0.717, 1.165) is 11.3 Å². The molecule has 0 saturated carbocycles. The third kappa shape index (κ3) is 3.08. The number of carbonyl (C=O) groups excluding carboxylic acids is 2. The van der Waals surface area contributed by atoms with Crippen molar-refractivity contribution in [3.8, 4) is 0 Å². The van der Waals surface area contributed by atoms with E-state index in [0.29, 0.717) is 31.8 Å². The summed E-state index contributed by atoms with van der Waals surface area (Å²) in [6.07, 6.45) is 0.393. The zero-order chi connectivity index (χ0) is 14.5. The van der Waals surface area contributed by atoms with Crippen LogP contribution in [0.5, 0.6) is 0 Å². The summed E-state index contributed by atoms with van der Waals surface area (Å²) in [6.45, 7) is 3.53. The Labute approximate surface area is 118 Å². The minimum absolute atomic E-state index is 0.101. The molecular weight excluding hydrogens is 258 g/mol. The minimum Gasteiger partial charge on any atom is -0.383 e. The minimum atomic E-state index is -0.279. The Bertz CT molecular complexity index is 516. The maximum absolute atomic E-state index is 11.8. The summed E-state index contributed by atoms with van der Waals surface area (Å²) in [6, 6.07) is 5.24. The van der Waals surface area contributed by atoms with E-state index in [-0.39, 0.29) is 11.9 Å². The van der Waals surface area contributed by atoms with Crippen molar-refractivity contribution in [2.75, 3.05) is 37.0 Å². The van der Waals surface area contributed by atoms with Crippen molar-refractivity contribution in [1.82, 2.24) is 5.32 Å². The van der Waals surface area contributed by atoms with Crippen LogP contribution in [0.2, 0.25) is 0 Å². The second-order valence-electron chi connectivity index (χ2n) is 4.53. The molecule has 0 unspecified atom stereocenters. The topological polar surface area (TPSA) is 70.7 Å². The fraction of sp³-hybridized carbons (Fsp3) is 0.429. The van der Waals surface area contributed by atoms with Crippen molar-refractivity contribution in [3.05, 3.63) is 23.8 Å². The van der Waals surface area contributed by atoms with Crippen molar-refractivity contribution in [2.45, 2.75) is 13.3 Å². The molecule has 0 bridgehead atoms. The van der Waals surface area contributed by atoms with E-state index in [4.69, 9.17) is 4.74 Å². The van der Waals surface area contributed by atoms with Gasteiger partial charge in [0.05, 0.1) is 13.0 Å². The Hall–Kier alpha value is -2.08. The smallest absolute Gasteiger partial charge is 0.319 e. The van der Waals surface area contributed by atoms with Crippen LogP contribution in [-0.2, 0) is 16.0 Å². The first-order chi connectivity index (χ1) is 9.65. The number of anilines is 2. The standard InChI is InChI=1S/C14H19N3O3/c1-3-17-12-5-4-11(8-10(12)9-13(17)18)16-14(19)15-6-7-20-2/h4-5,8H,3,6-7,9H2,1-2H3,(H2,15,16,19). The molecule has 0 aromatic heterocycles. The van der Waals surface area contributed by atoms with Gasteiger partial charge in [0.1, 0.15) is 0 Å². The lowest BCUT2D eigenvalue weighted by atomic mass is 10.1. The Morgan fingerprint density at radius 3 is 2.95 bits per heavy atom. The average Bonchev–Trinajstić information content (AvgIpc) is 2.73. The van der Waals surface area contributed by atoms with Crippen LogP contribution in [0.15, 0.2) is 18.2 Å². The molecule has 1 aliphatic heterocycles. The molecule has 6 heteroatoms. The highest BCUT2D eigenvalue weighted by atomic mass is 16.5. The summed E-state index contributed by atoms with van der Waals surface area (Å²) in [5.41, 5.74) is 2.57. The van der Waals surface area contributed by atoms with Gasteiger partial charge < -0.3 is 20.3 Å². The molecule has 6 nitrogen and oxygen atoms in total. The van der Waals surface area contributed by atoms with Crippen LogP contribution in [0.3, 0.4) is 0 Å². The number of methoxy groups -OCH3 is 1. The number of hydrogen-bond acceptors (Lipinski definition) is 3. The predicted molar refractivity (Wildman–Crippen MR) is 77.1 cm³/mol. The van der Waals surface area contributed by atoms with E-state index in [1.165, 1.54) is 0 Å². The molecule has 108 valence electrons. The van der Waals surface area contributed by atoms with Crippen molar-refractivity contribution < 1.29 is 14.3 Å². The summed E-state index contributed by atoms with van der Waals surface area (Å²) in [4.78, 5) is 25.1. The van der Waals surface area contributed by atoms with Gasteiger partial charge in [-0.2, -0.15) is 0 Å². The number of likely N-dealkylation sites (N-methyl/N-ethyl adjacent to an activating group) is 1. The molecule has 0 spiro atoms. The molecule has 2 rings (SSSR count). The molecule has 20 heavy (non-hydrogen) atoms. The molecule has 1 aromatic carbocycles. The number of carbonyl (C=O) groups is 2. The van der Waals surface area contributed by atoms with E-state index in [2.05, 4.69) is 10.6 Å². The average molecular weight is 277 g/mol. The van der Waals surface area contributed by atoms with Crippen molar-refractivity contribution >= 4 is 23.3 Å². The molecule has 3 amide bonds. The van der Waals surface area contributed by atoms with E-state index in [1.54, 1.807) is 18.1 Å². The van der Waals surface area contributed by atoms with Crippen molar-refractivity contribution in [2.24, 2.45) is 0 Å². The van der Waals surface area contributed by atoms with Crippen molar-refractivity contribution in [3.63, 3.8) is 0 Å². The Kier molecular flexibility index (Phi) is 4.57. The molecule has 0 radical (unpaired) electrons. The maximum Gasteiger partial charge on any atom is 0.319 e. The predicted octanol–water partition coefficient (Wildman–Crippen LogP) is 1.36. The maximum atomic E-state index is 11.8. The largest absolute Gasteiger partial charge is 0.383 e. The third-order valence-electron chi connectivity index (χ3n) is 3.18. The van der Waals surface area contributed by atoms with Gasteiger partial charge >= 0.3 is 6.03 Å². The monoisotopic (exact) mass is 277 g/mol. The van der Waals surface area contributed by atoms with Crippen LogP contribution in [0, 0.1) is 0 Å². The highest BCUT2D eigenvalue weighted by Crippen LogP contribution is 2.30. The van der Waals surface area contributed by atoms with Crippen LogP contribution in [0.4, 0.5) is 16.2 Å². The highest BCUT2D eigenvalue weighted by Gasteiger charge is 2.25. The van der Waals surface area contributed by atoms with Gasteiger partial charge in [0, 0.05) is 31.6 Å². The molecule has 2 N–H and O–H groups in total. The van der Waals surface area contributed by atoms with Gasteiger partial charge in [-0.25, -0.2) is 4.79 Å². The Morgan fingerprint density at radius 2 is 2.25 bits per heavy atom. The van der Waals surface area contributed by atoms with Gasteiger partial charge in [-0.05, 0) is 30.7 Å². The number of hydrogen-bond donors (Lipinski definition) is 2. The second-order valence-corrected chi connectivity index (χ2v) is 4.53. The normalized spacial score (nSPS) is 13.3. The van der Waals surface area contributed by atoms with Crippen LogP contribution in [0.1, 0.15) is 12.5 Å². The van der Waals surface area contributed by atoms with Gasteiger partial charge in [0.15, 0.2) is 0 Å². The van der Waals surface area contributed by atoms with Gasteiger partial charge in [0.2, 0.25) is 5.91 Å². The van der Waals surface area contributed by atoms with Crippen LogP contribution < -0.4 is 15.5 Å². The fourth-order valence-electron chi connectivity index (χ4n) is 2.25. The van der Waals surface area contributed by atoms with Crippen LogP contribution >= 0.6 is 0 Å². The van der Waals surface area contributed by atoms with Crippen LogP contribution in [0.25, 0.3) is 0 Å². The number of amides is 3. The van der Waals surface area contributed by atoms with E-state index in [9.17, 15) is 9.59 Å². The first kappa shape index (κ1) is 14.3. The molecule has 0 fully saturated rings. The summed E-state index contributed by atoms with van der Waals surface area (Å²) < 4.78 is 4.85. The lowest BCUT2D eigenvalue weighted by Crippen LogP contribution is -2.31. The fourth-order valence-corrected chi connectivity index (χ4v) is 2.25. The number of fused-ring (bicyclic) bond motifs is 1. The summed E-state index contributed by atoms with van der Waals surface area (Å²) >= 11 is 0. The van der Waals surface area contributed by atoms with Gasteiger partial charge in [-0.1, -0.05) is 0 Å². The van der Waals surface area contributed by atoms with E-state index in [1.807, 2.05) is 19.1 Å². The van der Waals surface area contributed by atoms with Gasteiger partial charge in [-0.15, -0.1) is 0 Å². The Balaban J connectivity index is 2.00. The molecular formula is C14H19N3O3. The molecule has 1 aromatic rings. The zero-order valence-electron chi connectivity index (χ0n) is 11.7. The second kappa shape index (κ2) is 6.38. The third-order valence-corrected chi connectivity index (χ3v) is 3.18. The SMILES string of the molecule is CCN1C(=O)Cc2cc(NC(=O)NCCOC)ccc21. The Morgan fingerprint density at radius 1 is 1.45 bits per heavy atom. The van der Waals surface area contributed by atoms with E-state index >= 15 is 0 Å². The summed E-state index contributed by atoms with van der Waals surface area (Å²) in [5.74, 6) is 0.101. The molecule has 0 aliphatic carbocycles. The molecule has 0 atom stereocenters. The lowest BCUT2D eigenvalue weighted by Gasteiger charge is -2.15. The number of nitrogens with zero attached hydrogens (tertiary/aromatic N) is 1. The lowest BCUT2D eigenvalue weighted by molar-refractivity contribution is -0.117. The van der Waals surface area contributed by atoms with Gasteiger partial charge in [0.25, 0.3) is 0 Å². The first-order valence-electron chi connectivity index (χ1n) is 6.62. The number of nitrogens with one attached hydrogen (secondary N) is 2. The van der Waals surface area contributed by atoms with Crippen molar-refractivity contribution in [1.29, 1.82) is 0 Å². The van der Waals surface area contributed by atoms with Crippen LogP contribution in [-0.4, -0.2) is 38.7 Å². The highest BCUT2D eigenvalue weighted by molar-refractivity contribution is 6.02. The quantitative estimate of drug-likeness (QED) is 0.798. The van der Waals surface area contributed by atoms with Gasteiger partial charge in [-0.3, -0.25) is 4.79 Å². The number of rotatable bonds is 5. The molecule has 0 saturated heterocycles.